The van der Waals surface area contributed by atoms with Crippen molar-refractivity contribution in [3.05, 3.63) is 65.7 Å². The van der Waals surface area contributed by atoms with Gasteiger partial charge in [0, 0.05) is 6.54 Å². The molecule has 0 unspecified atom stereocenters. The van der Waals surface area contributed by atoms with Crippen LogP contribution in [-0.4, -0.2) is 43.8 Å². The summed E-state index contributed by atoms with van der Waals surface area (Å²) in [4.78, 5) is 11.8. The molecule has 0 aliphatic carbocycles. The lowest BCUT2D eigenvalue weighted by atomic mass is 10.2. The summed E-state index contributed by atoms with van der Waals surface area (Å²) in [5.74, 6) is 0. The minimum Gasteiger partial charge on any atom is -0.445 e. The van der Waals surface area contributed by atoms with E-state index >= 15 is 0 Å². The van der Waals surface area contributed by atoms with E-state index in [2.05, 4.69) is 10.4 Å². The highest BCUT2D eigenvalue weighted by molar-refractivity contribution is 7.90. The molecule has 1 amide bonds. The molecular weight excluding hydrogens is 437 g/mol. The third-order valence-electron chi connectivity index (χ3n) is 4.34. The summed E-state index contributed by atoms with van der Waals surface area (Å²) in [5, 5.41) is 7.79. The second-order valence-electron chi connectivity index (χ2n) is 6.50. The molecule has 0 spiro atoms. The fourth-order valence-corrected chi connectivity index (χ4v) is 3.43. The van der Waals surface area contributed by atoms with Gasteiger partial charge < -0.3 is 10.1 Å². The molecule has 0 radical (unpaired) electrons. The van der Waals surface area contributed by atoms with Gasteiger partial charge in [-0.25, -0.2) is 9.10 Å². The third kappa shape index (κ3) is 5.66. The highest BCUT2D eigenvalue weighted by Gasteiger charge is 2.50. The number of hydrogen-bond donors (Lipinski definition) is 1. The Bertz CT molecular complexity index is 1030. The number of hydrogen-bond acceptors (Lipinski definition) is 6. The lowest BCUT2D eigenvalue weighted by Gasteiger charge is -2.29. The highest BCUT2D eigenvalue weighted by atomic mass is 32.2. The van der Waals surface area contributed by atoms with Crippen molar-refractivity contribution in [2.24, 2.45) is 5.10 Å². The van der Waals surface area contributed by atoms with Crippen LogP contribution in [0.25, 0.3) is 0 Å². The number of anilines is 1. The van der Waals surface area contributed by atoms with Gasteiger partial charge in [0.1, 0.15) is 12.9 Å². The van der Waals surface area contributed by atoms with Crippen LogP contribution in [0.1, 0.15) is 11.1 Å². The Morgan fingerprint density at radius 2 is 1.71 bits per heavy atom. The summed E-state index contributed by atoms with van der Waals surface area (Å²) in [7, 11) is -5.44. The number of alkyl carbamates (subject to hydrolysis) is 1. The fourth-order valence-electron chi connectivity index (χ4n) is 2.67. The van der Waals surface area contributed by atoms with Crippen LogP contribution >= 0.6 is 0 Å². The highest BCUT2D eigenvalue weighted by Crippen LogP contribution is 2.27. The largest absolute Gasteiger partial charge is 0.516 e. The van der Waals surface area contributed by atoms with Crippen LogP contribution in [0.5, 0.6) is 0 Å². The molecule has 1 N–H and O–H groups in total. The number of ether oxygens (including phenoxy) is 1. The van der Waals surface area contributed by atoms with Crippen molar-refractivity contribution in [3.63, 3.8) is 0 Å². The summed E-state index contributed by atoms with van der Waals surface area (Å²) in [5.41, 5.74) is -3.18. The van der Waals surface area contributed by atoms with Gasteiger partial charge in [0.05, 0.1) is 18.8 Å². The lowest BCUT2D eigenvalue weighted by molar-refractivity contribution is -0.0471. The van der Waals surface area contributed by atoms with Crippen LogP contribution in [0, 0.1) is 0 Å². The average Bonchev–Trinajstić information content (AvgIpc) is 2.76. The zero-order chi connectivity index (χ0) is 22.5. The molecular formula is C19H19F3N4O4S. The molecule has 8 nitrogen and oxygen atoms in total. The van der Waals surface area contributed by atoms with Crippen LogP contribution in [0.3, 0.4) is 0 Å². The molecule has 0 saturated heterocycles. The summed E-state index contributed by atoms with van der Waals surface area (Å²) < 4.78 is 65.9. The lowest BCUT2D eigenvalue weighted by Crippen LogP contribution is -2.46. The Balaban J connectivity index is 1.50. The van der Waals surface area contributed by atoms with Crippen LogP contribution in [0.2, 0.25) is 0 Å². The van der Waals surface area contributed by atoms with Crippen molar-refractivity contribution >= 4 is 28.1 Å². The minimum absolute atomic E-state index is 0.0464. The van der Waals surface area contributed by atoms with Gasteiger partial charge in [-0.05, 0) is 23.3 Å². The predicted molar refractivity (Wildman–Crippen MR) is 107 cm³/mol. The second kappa shape index (κ2) is 9.25. The summed E-state index contributed by atoms with van der Waals surface area (Å²) in [6, 6.07) is 16.0. The fraction of sp³-hybridized carbons (Fsp3) is 0.263. The number of nitrogens with zero attached hydrogens (tertiary/aromatic N) is 3. The van der Waals surface area contributed by atoms with Gasteiger partial charge in [0.2, 0.25) is 0 Å². The number of amides is 1. The van der Waals surface area contributed by atoms with Crippen molar-refractivity contribution in [2.75, 3.05) is 18.1 Å². The molecule has 12 heteroatoms. The molecule has 0 atom stereocenters. The number of sulfonamides is 1. The van der Waals surface area contributed by atoms with E-state index in [9.17, 15) is 26.4 Å². The van der Waals surface area contributed by atoms with Gasteiger partial charge in [-0.3, -0.25) is 5.01 Å². The maximum atomic E-state index is 12.6. The molecule has 1 heterocycles. The number of rotatable bonds is 6. The van der Waals surface area contributed by atoms with Gasteiger partial charge in [-0.15, -0.1) is 0 Å². The topological polar surface area (TPSA) is 91.3 Å². The monoisotopic (exact) mass is 456 g/mol. The third-order valence-corrected chi connectivity index (χ3v) is 5.82. The molecule has 3 rings (SSSR count). The summed E-state index contributed by atoms with van der Waals surface area (Å²) in [6.45, 7) is -0.0639. The predicted octanol–water partition coefficient (Wildman–Crippen LogP) is 3.03. The van der Waals surface area contributed by atoms with Crippen LogP contribution in [-0.2, 0) is 27.9 Å². The first-order valence-corrected chi connectivity index (χ1v) is 10.5. The van der Waals surface area contributed by atoms with Gasteiger partial charge in [0.15, 0.2) is 0 Å². The summed E-state index contributed by atoms with van der Waals surface area (Å²) >= 11 is 0. The molecule has 1 aliphatic rings. The van der Waals surface area contributed by atoms with Crippen LogP contribution in [0.4, 0.5) is 23.7 Å². The number of carbonyl (C=O) groups is 1. The first-order chi connectivity index (χ1) is 14.7. The van der Waals surface area contributed by atoms with Crippen molar-refractivity contribution in [1.29, 1.82) is 0 Å². The Labute approximate surface area is 177 Å². The van der Waals surface area contributed by atoms with Crippen molar-refractivity contribution in [1.82, 2.24) is 9.62 Å². The quantitative estimate of drug-likeness (QED) is 0.722. The second-order valence-corrected chi connectivity index (χ2v) is 8.38. The maximum Gasteiger partial charge on any atom is 0.516 e. The SMILES string of the molecule is O=C(NCc1ccc(N2CCN(S(=O)(=O)C(F)(F)F)C=N2)cc1)OCc1ccccc1. The molecule has 0 bridgehead atoms. The van der Waals surface area contributed by atoms with Crippen LogP contribution in [0.15, 0.2) is 59.7 Å². The summed E-state index contributed by atoms with van der Waals surface area (Å²) in [6.07, 6.45) is 0.0735. The van der Waals surface area contributed by atoms with Gasteiger partial charge >= 0.3 is 21.6 Å². The molecule has 0 fully saturated rings. The standard InChI is InChI=1S/C19H19F3N4O4S/c20-19(21,22)31(28,29)25-10-11-26(24-14-25)17-8-6-15(7-9-17)12-23-18(27)30-13-16-4-2-1-3-5-16/h1-9,14H,10-13H2,(H,23,27). The van der Waals surface area contributed by atoms with Crippen molar-refractivity contribution in [3.8, 4) is 0 Å². The van der Waals surface area contributed by atoms with E-state index < -0.39 is 21.6 Å². The molecule has 1 aliphatic heterocycles. The maximum absolute atomic E-state index is 12.6. The first kappa shape index (κ1) is 22.4. The van der Waals surface area contributed by atoms with Crippen molar-refractivity contribution < 1.29 is 31.1 Å². The Kier molecular flexibility index (Phi) is 6.68. The Hall–Kier alpha value is -3.28. The normalized spacial score (nSPS) is 14.4. The van der Waals surface area contributed by atoms with E-state index in [1.54, 1.807) is 24.3 Å². The molecule has 31 heavy (non-hydrogen) atoms. The van der Waals surface area contributed by atoms with E-state index in [1.165, 1.54) is 5.01 Å². The Morgan fingerprint density at radius 3 is 2.29 bits per heavy atom. The van der Waals surface area contributed by atoms with Crippen LogP contribution < -0.4 is 10.3 Å². The number of hydrazone groups is 1. The van der Waals surface area contributed by atoms with Gasteiger partial charge in [0.25, 0.3) is 0 Å². The zero-order valence-corrected chi connectivity index (χ0v) is 16.9. The molecule has 2 aromatic rings. The van der Waals surface area contributed by atoms with E-state index in [-0.39, 0.29) is 30.5 Å². The van der Waals surface area contributed by atoms with E-state index in [0.29, 0.717) is 12.0 Å². The molecule has 0 aromatic heterocycles. The number of alkyl halides is 3. The minimum atomic E-state index is -5.44. The Morgan fingerprint density at radius 1 is 1.03 bits per heavy atom. The van der Waals surface area contributed by atoms with E-state index in [1.807, 2.05) is 30.3 Å². The van der Waals surface area contributed by atoms with E-state index in [0.717, 1.165) is 11.1 Å². The van der Waals surface area contributed by atoms with Gasteiger partial charge in [-0.1, -0.05) is 42.5 Å². The molecule has 166 valence electrons. The number of benzene rings is 2. The number of carbonyl (C=O) groups excluding carboxylic acids is 1. The number of nitrogens with one attached hydrogen (secondary N) is 1. The van der Waals surface area contributed by atoms with E-state index in [4.69, 9.17) is 4.74 Å². The zero-order valence-electron chi connectivity index (χ0n) is 16.1. The van der Waals surface area contributed by atoms with Crippen molar-refractivity contribution in [2.45, 2.75) is 18.7 Å². The number of halogens is 3. The van der Waals surface area contributed by atoms with Gasteiger partial charge in [-0.2, -0.15) is 26.7 Å². The average molecular weight is 456 g/mol. The first-order valence-electron chi connectivity index (χ1n) is 9.10. The smallest absolute Gasteiger partial charge is 0.445 e. The molecule has 2 aromatic carbocycles. The molecule has 0 saturated carbocycles.